The lowest BCUT2D eigenvalue weighted by Crippen LogP contribution is -2.36. The molecule has 3 N–H and O–H groups in total. The molecule has 0 heterocycles. The Morgan fingerprint density at radius 2 is 2.00 bits per heavy atom. The van der Waals surface area contributed by atoms with Crippen LogP contribution >= 0.6 is 0 Å². The maximum atomic E-state index is 11.4. The van der Waals surface area contributed by atoms with E-state index in [9.17, 15) is 9.90 Å². The first-order valence-electron chi connectivity index (χ1n) is 7.38. The summed E-state index contributed by atoms with van der Waals surface area (Å²) in [5, 5.41) is 9.34. The summed E-state index contributed by atoms with van der Waals surface area (Å²) in [6.07, 6.45) is 6.00. The van der Waals surface area contributed by atoms with Crippen molar-refractivity contribution in [3.05, 3.63) is 23.8 Å². The van der Waals surface area contributed by atoms with E-state index in [-0.39, 0.29) is 0 Å². The van der Waals surface area contributed by atoms with Crippen LogP contribution < -0.4 is 10.6 Å². The Labute approximate surface area is 120 Å². The third kappa shape index (κ3) is 3.06. The molecule has 0 bridgehead atoms. The highest BCUT2D eigenvalue weighted by Gasteiger charge is 2.25. The van der Waals surface area contributed by atoms with Crippen molar-refractivity contribution < 1.29 is 9.90 Å². The van der Waals surface area contributed by atoms with Gasteiger partial charge in [0.1, 0.15) is 0 Å². The molecule has 20 heavy (non-hydrogen) atoms. The van der Waals surface area contributed by atoms with Crippen LogP contribution in [0.2, 0.25) is 0 Å². The molecule has 0 saturated heterocycles. The van der Waals surface area contributed by atoms with E-state index in [0.717, 1.165) is 24.4 Å². The fourth-order valence-corrected chi connectivity index (χ4v) is 3.17. The number of benzene rings is 1. The predicted molar refractivity (Wildman–Crippen MR) is 82.3 cm³/mol. The molecule has 1 aliphatic carbocycles. The molecule has 2 rings (SSSR count). The maximum absolute atomic E-state index is 11.4. The van der Waals surface area contributed by atoms with Crippen LogP contribution in [0.5, 0.6) is 0 Å². The van der Waals surface area contributed by atoms with Gasteiger partial charge in [-0.2, -0.15) is 0 Å². The van der Waals surface area contributed by atoms with Crippen molar-refractivity contribution in [3.8, 4) is 0 Å². The smallest absolute Gasteiger partial charge is 0.337 e. The Kier molecular flexibility index (Phi) is 4.53. The topological polar surface area (TPSA) is 66.6 Å². The maximum Gasteiger partial charge on any atom is 0.337 e. The molecule has 1 saturated carbocycles. The van der Waals surface area contributed by atoms with Crippen LogP contribution in [0, 0.1) is 5.92 Å². The monoisotopic (exact) mass is 276 g/mol. The third-order valence-electron chi connectivity index (χ3n) is 4.57. The van der Waals surface area contributed by atoms with Gasteiger partial charge in [0, 0.05) is 18.8 Å². The Morgan fingerprint density at radius 1 is 1.35 bits per heavy atom. The molecule has 0 aliphatic heterocycles. The summed E-state index contributed by atoms with van der Waals surface area (Å²) in [7, 11) is 1.99. The summed E-state index contributed by atoms with van der Waals surface area (Å²) in [5.41, 5.74) is 7.26. The first-order chi connectivity index (χ1) is 9.52. The summed E-state index contributed by atoms with van der Waals surface area (Å²) >= 11 is 0. The van der Waals surface area contributed by atoms with Crippen molar-refractivity contribution in [1.82, 2.24) is 0 Å². The molecule has 1 aromatic carbocycles. The van der Waals surface area contributed by atoms with Crippen LogP contribution in [0.25, 0.3) is 0 Å². The molecule has 4 nitrogen and oxygen atoms in total. The molecular formula is C16H24N2O2. The highest BCUT2D eigenvalue weighted by atomic mass is 16.4. The van der Waals surface area contributed by atoms with E-state index < -0.39 is 5.97 Å². The number of nitrogens with zero attached hydrogens (tertiary/aromatic N) is 1. The number of carbonyl (C=O) groups is 1. The van der Waals surface area contributed by atoms with Gasteiger partial charge in [0.15, 0.2) is 0 Å². The van der Waals surface area contributed by atoms with E-state index in [1.54, 1.807) is 12.1 Å². The van der Waals surface area contributed by atoms with E-state index >= 15 is 0 Å². The van der Waals surface area contributed by atoms with E-state index in [2.05, 4.69) is 11.8 Å². The quantitative estimate of drug-likeness (QED) is 0.827. The number of rotatable bonds is 4. The van der Waals surface area contributed by atoms with Crippen LogP contribution in [0.1, 0.15) is 49.4 Å². The van der Waals surface area contributed by atoms with Crippen molar-refractivity contribution in [2.45, 2.75) is 45.1 Å². The second-order valence-corrected chi connectivity index (χ2v) is 5.78. The van der Waals surface area contributed by atoms with Crippen molar-refractivity contribution in [2.75, 3.05) is 17.7 Å². The zero-order valence-corrected chi connectivity index (χ0v) is 12.3. The van der Waals surface area contributed by atoms with Gasteiger partial charge in [-0.05, 0) is 49.8 Å². The standard InChI is InChI=1S/C16H24N2O2/c1-3-11-4-7-13(8-5-11)18(2)15-9-6-12(17)10-14(15)16(19)20/h6,9-11,13H,3-5,7-8,17H2,1-2H3,(H,19,20). The minimum Gasteiger partial charge on any atom is -0.478 e. The van der Waals surface area contributed by atoms with E-state index in [1.165, 1.54) is 19.3 Å². The molecule has 0 unspecified atom stereocenters. The van der Waals surface area contributed by atoms with Gasteiger partial charge >= 0.3 is 5.97 Å². The fourth-order valence-electron chi connectivity index (χ4n) is 3.17. The molecule has 1 aliphatic rings. The zero-order chi connectivity index (χ0) is 14.7. The molecular weight excluding hydrogens is 252 g/mol. The lowest BCUT2D eigenvalue weighted by atomic mass is 9.84. The third-order valence-corrected chi connectivity index (χ3v) is 4.57. The zero-order valence-electron chi connectivity index (χ0n) is 12.3. The van der Waals surface area contributed by atoms with E-state index in [4.69, 9.17) is 5.73 Å². The molecule has 4 heteroatoms. The minimum atomic E-state index is -0.915. The predicted octanol–water partition coefficient (Wildman–Crippen LogP) is 3.37. The molecule has 1 fully saturated rings. The summed E-state index contributed by atoms with van der Waals surface area (Å²) in [6, 6.07) is 5.58. The normalized spacial score (nSPS) is 22.5. The van der Waals surface area contributed by atoms with Gasteiger partial charge in [0.05, 0.1) is 11.3 Å². The molecule has 110 valence electrons. The van der Waals surface area contributed by atoms with Crippen molar-refractivity contribution in [1.29, 1.82) is 0 Å². The highest BCUT2D eigenvalue weighted by Crippen LogP contribution is 2.33. The van der Waals surface area contributed by atoms with Gasteiger partial charge in [-0.3, -0.25) is 0 Å². The van der Waals surface area contributed by atoms with Crippen LogP contribution in [0.3, 0.4) is 0 Å². The van der Waals surface area contributed by atoms with Crippen LogP contribution in [0.15, 0.2) is 18.2 Å². The van der Waals surface area contributed by atoms with Crippen molar-refractivity contribution in [3.63, 3.8) is 0 Å². The van der Waals surface area contributed by atoms with Crippen LogP contribution in [-0.4, -0.2) is 24.2 Å². The van der Waals surface area contributed by atoms with Gasteiger partial charge in [0.2, 0.25) is 0 Å². The van der Waals surface area contributed by atoms with Gasteiger partial charge < -0.3 is 15.7 Å². The second-order valence-electron chi connectivity index (χ2n) is 5.78. The SMILES string of the molecule is CCC1CCC(N(C)c2ccc(N)cc2C(=O)O)CC1. The molecule has 1 aromatic rings. The fraction of sp³-hybridized carbons (Fsp3) is 0.562. The molecule has 0 aromatic heterocycles. The second kappa shape index (κ2) is 6.16. The number of anilines is 2. The number of carboxylic acids is 1. The van der Waals surface area contributed by atoms with Crippen LogP contribution in [0.4, 0.5) is 11.4 Å². The average Bonchev–Trinajstić information content (AvgIpc) is 2.46. The lowest BCUT2D eigenvalue weighted by molar-refractivity contribution is 0.0697. The lowest BCUT2D eigenvalue weighted by Gasteiger charge is -2.36. The number of hydrogen-bond donors (Lipinski definition) is 2. The molecule has 0 amide bonds. The van der Waals surface area contributed by atoms with E-state index in [1.807, 2.05) is 13.1 Å². The van der Waals surface area contributed by atoms with Crippen molar-refractivity contribution >= 4 is 17.3 Å². The van der Waals surface area contributed by atoms with E-state index in [0.29, 0.717) is 17.3 Å². The van der Waals surface area contributed by atoms with Gasteiger partial charge in [-0.25, -0.2) is 4.79 Å². The molecule has 0 atom stereocenters. The number of carboxylic acid groups (broad SMARTS) is 1. The molecule has 0 spiro atoms. The minimum absolute atomic E-state index is 0.296. The number of aromatic carboxylic acids is 1. The Bertz CT molecular complexity index is 479. The first-order valence-corrected chi connectivity index (χ1v) is 7.38. The summed E-state index contributed by atoms with van der Waals surface area (Å²) in [4.78, 5) is 13.5. The van der Waals surface area contributed by atoms with Gasteiger partial charge in [0.25, 0.3) is 0 Å². The number of nitrogens with two attached hydrogens (primary N) is 1. The van der Waals surface area contributed by atoms with Gasteiger partial charge in [-0.15, -0.1) is 0 Å². The summed E-state index contributed by atoms with van der Waals surface area (Å²) in [6.45, 7) is 2.25. The molecule has 0 radical (unpaired) electrons. The Hall–Kier alpha value is -1.71. The van der Waals surface area contributed by atoms with Crippen molar-refractivity contribution in [2.24, 2.45) is 5.92 Å². The summed E-state index contributed by atoms with van der Waals surface area (Å²) < 4.78 is 0. The largest absolute Gasteiger partial charge is 0.478 e. The highest BCUT2D eigenvalue weighted by molar-refractivity contribution is 5.95. The number of hydrogen-bond acceptors (Lipinski definition) is 3. The average molecular weight is 276 g/mol. The number of nitrogen functional groups attached to an aromatic ring is 1. The summed E-state index contributed by atoms with van der Waals surface area (Å²) in [5.74, 6) is -0.0774. The Balaban J connectivity index is 2.17. The first kappa shape index (κ1) is 14.7. The van der Waals surface area contributed by atoms with Gasteiger partial charge in [-0.1, -0.05) is 13.3 Å². The Morgan fingerprint density at radius 3 is 2.55 bits per heavy atom. The van der Waals surface area contributed by atoms with Crippen LogP contribution in [-0.2, 0) is 0 Å².